The van der Waals surface area contributed by atoms with Crippen LogP contribution in [0.3, 0.4) is 0 Å². The van der Waals surface area contributed by atoms with Crippen LogP contribution in [0.25, 0.3) is 0 Å². The van der Waals surface area contributed by atoms with Crippen molar-refractivity contribution in [3.05, 3.63) is 33.1 Å². The molecule has 0 saturated carbocycles. The highest BCUT2D eigenvalue weighted by Crippen LogP contribution is 2.18. The minimum absolute atomic E-state index is 0. The molecule has 1 heterocycles. The van der Waals surface area contributed by atoms with Crippen LogP contribution in [0, 0.1) is 9.39 Å². The Labute approximate surface area is 126 Å². The van der Waals surface area contributed by atoms with Gasteiger partial charge in [-0.15, -0.1) is 12.4 Å². The fourth-order valence-corrected chi connectivity index (χ4v) is 2.61. The van der Waals surface area contributed by atoms with Gasteiger partial charge in [0.05, 0.1) is 5.56 Å². The average Bonchev–Trinajstić information content (AvgIpc) is 2.57. The maximum absolute atomic E-state index is 13.7. The first-order valence-electron chi connectivity index (χ1n) is 5.64. The van der Waals surface area contributed by atoms with E-state index >= 15 is 0 Å². The quantitative estimate of drug-likeness (QED) is 0.754. The Morgan fingerprint density at radius 1 is 1.33 bits per heavy atom. The first-order chi connectivity index (χ1) is 8.20. The van der Waals surface area contributed by atoms with Gasteiger partial charge in [-0.3, -0.25) is 4.79 Å². The fourth-order valence-electron chi connectivity index (χ4n) is 1.91. The minimum Gasteiger partial charge on any atom is -0.337 e. The third-order valence-corrected chi connectivity index (χ3v) is 3.70. The van der Waals surface area contributed by atoms with Gasteiger partial charge < -0.3 is 10.2 Å². The smallest absolute Gasteiger partial charge is 0.257 e. The molecule has 0 aromatic heterocycles. The van der Waals surface area contributed by atoms with Crippen molar-refractivity contribution in [2.45, 2.75) is 6.42 Å². The molecule has 1 amide bonds. The second-order valence-electron chi connectivity index (χ2n) is 3.99. The fraction of sp³-hybridized carbons (Fsp3) is 0.417. The molecule has 1 fully saturated rings. The van der Waals surface area contributed by atoms with Crippen LogP contribution >= 0.6 is 35.0 Å². The first-order valence-corrected chi connectivity index (χ1v) is 6.72. The Hall–Kier alpha value is -0.400. The van der Waals surface area contributed by atoms with Crippen LogP contribution < -0.4 is 5.32 Å². The van der Waals surface area contributed by atoms with Crippen molar-refractivity contribution < 1.29 is 9.18 Å². The molecule has 2 rings (SSSR count). The molecule has 1 N–H and O–H groups in total. The van der Waals surface area contributed by atoms with Gasteiger partial charge in [0.2, 0.25) is 0 Å². The van der Waals surface area contributed by atoms with Gasteiger partial charge in [0.1, 0.15) is 5.82 Å². The van der Waals surface area contributed by atoms with Crippen LogP contribution in [0.15, 0.2) is 18.2 Å². The number of benzene rings is 1. The Morgan fingerprint density at radius 2 is 2.11 bits per heavy atom. The van der Waals surface area contributed by atoms with E-state index in [0.717, 1.165) is 19.5 Å². The van der Waals surface area contributed by atoms with Crippen LogP contribution in [0.2, 0.25) is 0 Å². The zero-order chi connectivity index (χ0) is 12.3. The first kappa shape index (κ1) is 15.7. The highest BCUT2D eigenvalue weighted by Gasteiger charge is 2.22. The Balaban J connectivity index is 0.00000162. The van der Waals surface area contributed by atoms with E-state index in [1.165, 1.54) is 6.07 Å². The molecular formula is C12H15ClFIN2O. The van der Waals surface area contributed by atoms with E-state index in [0.29, 0.717) is 16.7 Å². The lowest BCUT2D eigenvalue weighted by Gasteiger charge is -2.20. The number of amides is 1. The number of rotatable bonds is 1. The normalized spacial score (nSPS) is 15.8. The van der Waals surface area contributed by atoms with Crippen molar-refractivity contribution >= 4 is 40.9 Å². The second kappa shape index (κ2) is 7.25. The maximum atomic E-state index is 13.7. The van der Waals surface area contributed by atoms with Gasteiger partial charge in [-0.05, 0) is 47.7 Å². The molecule has 1 aliphatic heterocycles. The molecule has 1 aromatic rings. The van der Waals surface area contributed by atoms with Crippen LogP contribution in [0.4, 0.5) is 4.39 Å². The van der Waals surface area contributed by atoms with E-state index in [1.54, 1.807) is 17.0 Å². The molecule has 1 aromatic carbocycles. The van der Waals surface area contributed by atoms with Crippen molar-refractivity contribution in [2.24, 2.45) is 0 Å². The molecule has 18 heavy (non-hydrogen) atoms. The summed E-state index contributed by atoms with van der Waals surface area (Å²) in [5.74, 6) is -0.629. The predicted octanol–water partition coefficient (Wildman–Crippen LogP) is 2.29. The average molecular weight is 385 g/mol. The topological polar surface area (TPSA) is 32.3 Å². The monoisotopic (exact) mass is 384 g/mol. The molecule has 0 radical (unpaired) electrons. The van der Waals surface area contributed by atoms with Gasteiger partial charge in [-0.1, -0.05) is 6.07 Å². The highest BCUT2D eigenvalue weighted by molar-refractivity contribution is 14.1. The van der Waals surface area contributed by atoms with E-state index in [4.69, 9.17) is 0 Å². The second-order valence-corrected chi connectivity index (χ2v) is 5.15. The van der Waals surface area contributed by atoms with Gasteiger partial charge in [-0.2, -0.15) is 0 Å². The van der Waals surface area contributed by atoms with Crippen molar-refractivity contribution in [3.63, 3.8) is 0 Å². The molecule has 1 aliphatic rings. The number of carbonyl (C=O) groups excluding carboxylic acids is 1. The summed E-state index contributed by atoms with van der Waals surface area (Å²) in [4.78, 5) is 14.0. The lowest BCUT2D eigenvalue weighted by atomic mass is 10.2. The molecule has 3 nitrogen and oxygen atoms in total. The zero-order valence-corrected chi connectivity index (χ0v) is 12.8. The molecule has 0 aliphatic carbocycles. The van der Waals surface area contributed by atoms with Crippen LogP contribution in [-0.2, 0) is 0 Å². The van der Waals surface area contributed by atoms with Crippen molar-refractivity contribution in [1.29, 1.82) is 0 Å². The number of nitrogens with one attached hydrogen (secondary N) is 1. The lowest BCUT2D eigenvalue weighted by molar-refractivity contribution is 0.0760. The van der Waals surface area contributed by atoms with Gasteiger partial charge >= 0.3 is 0 Å². The molecule has 0 atom stereocenters. The Bertz CT molecular complexity index is 402. The van der Waals surface area contributed by atoms with Crippen molar-refractivity contribution in [3.8, 4) is 0 Å². The summed E-state index contributed by atoms with van der Waals surface area (Å²) < 4.78 is 14.4. The van der Waals surface area contributed by atoms with Crippen molar-refractivity contribution in [2.75, 3.05) is 26.2 Å². The molecule has 100 valence electrons. The predicted molar refractivity (Wildman–Crippen MR) is 79.8 cm³/mol. The molecule has 0 bridgehead atoms. The zero-order valence-electron chi connectivity index (χ0n) is 9.79. The van der Waals surface area contributed by atoms with E-state index < -0.39 is 5.82 Å². The minimum atomic E-state index is -0.431. The third kappa shape index (κ3) is 3.55. The number of hydrogen-bond acceptors (Lipinski definition) is 2. The third-order valence-electron chi connectivity index (χ3n) is 2.80. The summed E-state index contributed by atoms with van der Waals surface area (Å²) in [5, 5.41) is 3.22. The summed E-state index contributed by atoms with van der Waals surface area (Å²) in [6.45, 7) is 3.02. The highest BCUT2D eigenvalue weighted by atomic mass is 127. The summed E-state index contributed by atoms with van der Waals surface area (Å²) in [7, 11) is 0. The van der Waals surface area contributed by atoms with E-state index in [-0.39, 0.29) is 23.9 Å². The van der Waals surface area contributed by atoms with Crippen LogP contribution in [-0.4, -0.2) is 37.0 Å². The van der Waals surface area contributed by atoms with Crippen LogP contribution in [0.5, 0.6) is 0 Å². The number of nitrogens with zero attached hydrogens (tertiary/aromatic N) is 1. The molecule has 1 saturated heterocycles. The maximum Gasteiger partial charge on any atom is 0.257 e. The number of hydrogen-bond donors (Lipinski definition) is 1. The summed E-state index contributed by atoms with van der Waals surface area (Å²) >= 11 is 2.00. The summed E-state index contributed by atoms with van der Waals surface area (Å²) in [6, 6.07) is 4.72. The van der Waals surface area contributed by atoms with E-state index in [9.17, 15) is 9.18 Å². The van der Waals surface area contributed by atoms with Gasteiger partial charge in [0.25, 0.3) is 5.91 Å². The standard InChI is InChI=1S/C12H14FIN2O.ClH/c13-9-3-1-4-10(14)11(9)12(17)16-7-2-5-15-6-8-16;/h1,3-4,15H,2,5-8H2;1H. The molecule has 0 unspecified atom stereocenters. The van der Waals surface area contributed by atoms with Crippen molar-refractivity contribution in [1.82, 2.24) is 10.2 Å². The Kier molecular flexibility index (Phi) is 6.31. The van der Waals surface area contributed by atoms with E-state index in [1.807, 2.05) is 22.6 Å². The van der Waals surface area contributed by atoms with Gasteiger partial charge in [0, 0.05) is 23.2 Å². The SMILES string of the molecule is Cl.O=C(c1c(F)cccc1I)N1CCCNCC1. The molecule has 6 heteroatoms. The molecular weight excluding hydrogens is 370 g/mol. The number of halogens is 3. The summed E-state index contributed by atoms with van der Waals surface area (Å²) in [5.41, 5.74) is 0.204. The van der Waals surface area contributed by atoms with Gasteiger partial charge in [-0.25, -0.2) is 4.39 Å². The van der Waals surface area contributed by atoms with E-state index in [2.05, 4.69) is 5.32 Å². The largest absolute Gasteiger partial charge is 0.337 e. The summed E-state index contributed by atoms with van der Waals surface area (Å²) in [6.07, 6.45) is 0.913. The van der Waals surface area contributed by atoms with Gasteiger partial charge in [0.15, 0.2) is 0 Å². The Morgan fingerprint density at radius 3 is 2.83 bits per heavy atom. The van der Waals surface area contributed by atoms with Crippen LogP contribution in [0.1, 0.15) is 16.8 Å². The molecule has 0 spiro atoms. The lowest BCUT2D eigenvalue weighted by Crippen LogP contribution is -2.35. The number of carbonyl (C=O) groups is 1.